The van der Waals surface area contributed by atoms with Crippen molar-refractivity contribution in [3.8, 4) is 0 Å². The zero-order valence-corrected chi connectivity index (χ0v) is 16.0. The number of hydrogen-bond donors (Lipinski definition) is 0. The van der Waals surface area contributed by atoms with Gasteiger partial charge in [0.05, 0.1) is 0 Å². The molecule has 2 aromatic rings. The van der Waals surface area contributed by atoms with Crippen LogP contribution in [0.3, 0.4) is 0 Å². The molecule has 1 aromatic heterocycles. The van der Waals surface area contributed by atoms with E-state index in [1.807, 2.05) is 38.1 Å². The van der Waals surface area contributed by atoms with Crippen LogP contribution in [-0.2, 0) is 0 Å². The maximum Gasteiger partial charge on any atom is 0.276 e. The molecule has 0 saturated heterocycles. The molecule has 26 heavy (non-hydrogen) atoms. The Labute approximate surface area is 155 Å². The summed E-state index contributed by atoms with van der Waals surface area (Å²) in [5, 5.41) is 0. The van der Waals surface area contributed by atoms with Crippen LogP contribution in [0, 0.1) is 6.92 Å². The molecule has 2 rings (SSSR count). The number of carbonyl (C=O) groups excluding carboxylic acids is 2. The van der Waals surface area contributed by atoms with Gasteiger partial charge in [0.25, 0.3) is 11.8 Å². The second kappa shape index (κ2) is 9.13. The molecule has 2 amide bonds. The van der Waals surface area contributed by atoms with Crippen LogP contribution in [0.5, 0.6) is 0 Å². The molecule has 0 saturated carbocycles. The zero-order chi connectivity index (χ0) is 19.1. The number of anilines is 1. The first-order valence-corrected chi connectivity index (χ1v) is 9.08. The molecule has 0 N–H and O–H groups in total. The molecule has 0 aliphatic heterocycles. The number of aryl methyl sites for hydroxylation is 1. The van der Waals surface area contributed by atoms with Gasteiger partial charge in [-0.3, -0.25) is 14.6 Å². The van der Waals surface area contributed by atoms with Crippen LogP contribution in [0.2, 0.25) is 0 Å². The van der Waals surface area contributed by atoms with Crippen LogP contribution in [-0.4, -0.2) is 41.8 Å². The molecule has 5 heteroatoms. The summed E-state index contributed by atoms with van der Waals surface area (Å²) in [6, 6.07) is 11.0. The Morgan fingerprint density at radius 1 is 1.08 bits per heavy atom. The van der Waals surface area contributed by atoms with Crippen molar-refractivity contribution in [3.05, 3.63) is 59.4 Å². The van der Waals surface area contributed by atoms with Crippen LogP contribution in [0.15, 0.2) is 42.6 Å². The molecule has 138 valence electrons. The van der Waals surface area contributed by atoms with Crippen LogP contribution in [0.4, 0.5) is 5.69 Å². The summed E-state index contributed by atoms with van der Waals surface area (Å²) in [5.74, 6) is -0.294. The summed E-state index contributed by atoms with van der Waals surface area (Å²) in [6.45, 7) is 7.23. The number of benzene rings is 1. The molecule has 0 fully saturated rings. The van der Waals surface area contributed by atoms with Crippen LogP contribution in [0.1, 0.15) is 53.1 Å². The van der Waals surface area contributed by atoms with Crippen molar-refractivity contribution in [2.24, 2.45) is 0 Å². The lowest BCUT2D eigenvalue weighted by molar-refractivity contribution is 0.0793. The highest BCUT2D eigenvalue weighted by Crippen LogP contribution is 2.18. The van der Waals surface area contributed by atoms with E-state index in [0.717, 1.165) is 24.1 Å². The van der Waals surface area contributed by atoms with Gasteiger partial charge in [0.2, 0.25) is 0 Å². The van der Waals surface area contributed by atoms with E-state index in [9.17, 15) is 9.59 Å². The number of amides is 2. The first kappa shape index (κ1) is 19.6. The normalized spacial score (nSPS) is 10.5. The Hall–Kier alpha value is -2.69. The van der Waals surface area contributed by atoms with Gasteiger partial charge in [0.1, 0.15) is 5.69 Å². The van der Waals surface area contributed by atoms with Crippen LogP contribution < -0.4 is 4.90 Å². The first-order valence-electron chi connectivity index (χ1n) is 9.08. The SMILES string of the molecule is CCCCN(C)C(=O)c1ccnc(C(=O)N(CC)c2cccc(C)c2)c1. The molecule has 0 spiro atoms. The lowest BCUT2D eigenvalue weighted by Crippen LogP contribution is -2.32. The molecule has 0 unspecified atom stereocenters. The number of aromatic nitrogens is 1. The zero-order valence-electron chi connectivity index (χ0n) is 16.0. The third-order valence-corrected chi connectivity index (χ3v) is 4.29. The van der Waals surface area contributed by atoms with E-state index < -0.39 is 0 Å². The van der Waals surface area contributed by atoms with Gasteiger partial charge in [0, 0.05) is 37.6 Å². The molecule has 0 bridgehead atoms. The van der Waals surface area contributed by atoms with E-state index in [-0.39, 0.29) is 17.5 Å². The second-order valence-electron chi connectivity index (χ2n) is 6.40. The topological polar surface area (TPSA) is 53.5 Å². The summed E-state index contributed by atoms with van der Waals surface area (Å²) in [7, 11) is 1.78. The number of rotatable bonds is 7. The second-order valence-corrected chi connectivity index (χ2v) is 6.40. The summed E-state index contributed by atoms with van der Waals surface area (Å²) in [4.78, 5) is 33.1. The van der Waals surface area contributed by atoms with E-state index in [1.165, 1.54) is 6.20 Å². The van der Waals surface area contributed by atoms with Gasteiger partial charge >= 0.3 is 0 Å². The van der Waals surface area contributed by atoms with Gasteiger partial charge in [-0.05, 0) is 50.1 Å². The Morgan fingerprint density at radius 2 is 1.85 bits per heavy atom. The fourth-order valence-electron chi connectivity index (χ4n) is 2.78. The third-order valence-electron chi connectivity index (χ3n) is 4.29. The first-order chi connectivity index (χ1) is 12.5. The van der Waals surface area contributed by atoms with Gasteiger partial charge in [-0.2, -0.15) is 0 Å². The number of carbonyl (C=O) groups is 2. The van der Waals surface area contributed by atoms with E-state index >= 15 is 0 Å². The van der Waals surface area contributed by atoms with E-state index in [4.69, 9.17) is 0 Å². The summed E-state index contributed by atoms with van der Waals surface area (Å²) in [6.07, 6.45) is 3.51. The average molecular weight is 353 g/mol. The Balaban J connectivity index is 2.25. The van der Waals surface area contributed by atoms with Crippen molar-refractivity contribution in [1.82, 2.24) is 9.88 Å². The van der Waals surface area contributed by atoms with Crippen molar-refractivity contribution >= 4 is 17.5 Å². The van der Waals surface area contributed by atoms with Gasteiger partial charge in [-0.1, -0.05) is 25.5 Å². The summed E-state index contributed by atoms with van der Waals surface area (Å²) >= 11 is 0. The standard InChI is InChI=1S/C21H27N3O2/c1-5-7-13-23(4)20(25)17-11-12-22-19(15-17)21(26)24(6-2)18-10-8-9-16(3)14-18/h8-12,14-15H,5-7,13H2,1-4H3. The largest absolute Gasteiger partial charge is 0.342 e. The molecule has 1 aromatic carbocycles. The van der Waals surface area contributed by atoms with Crippen molar-refractivity contribution < 1.29 is 9.59 Å². The lowest BCUT2D eigenvalue weighted by Gasteiger charge is -2.21. The highest BCUT2D eigenvalue weighted by molar-refractivity contribution is 6.06. The fraction of sp³-hybridized carbons (Fsp3) is 0.381. The van der Waals surface area contributed by atoms with Gasteiger partial charge in [-0.25, -0.2) is 0 Å². The smallest absolute Gasteiger partial charge is 0.276 e. The monoisotopic (exact) mass is 353 g/mol. The highest BCUT2D eigenvalue weighted by Gasteiger charge is 2.20. The van der Waals surface area contributed by atoms with Crippen molar-refractivity contribution in [2.75, 3.05) is 25.0 Å². The van der Waals surface area contributed by atoms with Gasteiger partial charge in [-0.15, -0.1) is 0 Å². The van der Waals surface area contributed by atoms with Crippen molar-refractivity contribution in [2.45, 2.75) is 33.6 Å². The lowest BCUT2D eigenvalue weighted by atomic mass is 10.1. The predicted molar refractivity (Wildman–Crippen MR) is 105 cm³/mol. The molecule has 5 nitrogen and oxygen atoms in total. The molecule has 1 heterocycles. The number of hydrogen-bond acceptors (Lipinski definition) is 3. The summed E-state index contributed by atoms with van der Waals surface area (Å²) in [5.41, 5.74) is 2.68. The van der Waals surface area contributed by atoms with Gasteiger partial charge in [0.15, 0.2) is 0 Å². The number of nitrogens with zero attached hydrogens (tertiary/aromatic N) is 3. The maximum atomic E-state index is 12.9. The minimum absolute atomic E-state index is 0.0893. The average Bonchev–Trinajstić information content (AvgIpc) is 2.66. The Bertz CT molecular complexity index is 773. The molecular weight excluding hydrogens is 326 g/mol. The van der Waals surface area contributed by atoms with Crippen LogP contribution in [0.25, 0.3) is 0 Å². The minimum Gasteiger partial charge on any atom is -0.342 e. The van der Waals surface area contributed by atoms with Crippen LogP contribution >= 0.6 is 0 Å². The minimum atomic E-state index is -0.205. The summed E-state index contributed by atoms with van der Waals surface area (Å²) < 4.78 is 0. The Morgan fingerprint density at radius 3 is 2.50 bits per heavy atom. The molecular formula is C21H27N3O2. The number of unbranched alkanes of at least 4 members (excludes halogenated alkanes) is 1. The van der Waals surface area contributed by atoms with E-state index in [1.54, 1.807) is 29.0 Å². The number of pyridine rings is 1. The molecule has 0 atom stereocenters. The van der Waals surface area contributed by atoms with E-state index in [0.29, 0.717) is 18.7 Å². The highest BCUT2D eigenvalue weighted by atomic mass is 16.2. The van der Waals surface area contributed by atoms with Gasteiger partial charge < -0.3 is 9.80 Å². The van der Waals surface area contributed by atoms with Crippen molar-refractivity contribution in [3.63, 3.8) is 0 Å². The Kier molecular flexibility index (Phi) is 6.89. The molecule has 0 aliphatic carbocycles. The van der Waals surface area contributed by atoms with E-state index in [2.05, 4.69) is 11.9 Å². The maximum absolute atomic E-state index is 12.9. The molecule has 0 radical (unpaired) electrons. The third kappa shape index (κ3) is 4.69. The quantitative estimate of drug-likeness (QED) is 0.758. The predicted octanol–water partition coefficient (Wildman–Crippen LogP) is 3.93. The fourth-order valence-corrected chi connectivity index (χ4v) is 2.78. The molecule has 0 aliphatic rings. The van der Waals surface area contributed by atoms with Crippen molar-refractivity contribution in [1.29, 1.82) is 0 Å².